The van der Waals surface area contributed by atoms with Gasteiger partial charge in [0.25, 0.3) is 20.2 Å². The van der Waals surface area contributed by atoms with Gasteiger partial charge in [-0.25, -0.2) is 0 Å². The van der Waals surface area contributed by atoms with E-state index in [0.717, 1.165) is 0 Å². The summed E-state index contributed by atoms with van der Waals surface area (Å²) in [6.45, 7) is 0. The molecule has 3 aliphatic rings. The van der Waals surface area contributed by atoms with Gasteiger partial charge >= 0.3 is 24.3 Å². The van der Waals surface area contributed by atoms with Crippen molar-refractivity contribution in [2.75, 3.05) is 11.5 Å². The minimum atomic E-state index is -5.44. The molecule has 202 valence electrons. The lowest BCUT2D eigenvalue weighted by Gasteiger charge is -2.31. The molecule has 3 saturated carbocycles. The fraction of sp³-hybridized carbons (Fsp3) is 0.882. The highest BCUT2D eigenvalue weighted by molar-refractivity contribution is 7.86. The zero-order valence-electron chi connectivity index (χ0n) is 17.5. The van der Waals surface area contributed by atoms with Gasteiger partial charge in [-0.2, -0.15) is 43.2 Å². The molecule has 3 fully saturated rings. The van der Waals surface area contributed by atoms with E-state index < -0.39 is 97.3 Å². The van der Waals surface area contributed by atoms with Crippen LogP contribution in [0.25, 0.3) is 0 Å². The number of ether oxygens (including phenoxy) is 2. The van der Waals surface area contributed by atoms with E-state index in [1.54, 1.807) is 0 Å². The molecular formula is C17H20F6O10S2. The number of esters is 2. The van der Waals surface area contributed by atoms with Gasteiger partial charge in [0.05, 0.1) is 11.8 Å². The van der Waals surface area contributed by atoms with Crippen LogP contribution < -0.4 is 0 Å². The van der Waals surface area contributed by atoms with Gasteiger partial charge < -0.3 is 9.47 Å². The van der Waals surface area contributed by atoms with E-state index in [4.69, 9.17) is 9.11 Å². The van der Waals surface area contributed by atoms with Crippen LogP contribution in [0.5, 0.6) is 0 Å². The van der Waals surface area contributed by atoms with Gasteiger partial charge in [-0.05, 0) is 42.9 Å². The van der Waals surface area contributed by atoms with Gasteiger partial charge in [0, 0.05) is 0 Å². The standard InChI is InChI=1S/C17H20F6O10S2/c18-16(19,20)9(5-34(26,27)28)32-13(24)11-7-1-2-8(15(7)3-4-15)12(11)14(25)33-10(17(21,22)23)6-35(29,30)31/h7-12H,1-6H2,(H,26,27,28)(H,29,30,31). The molecule has 0 heterocycles. The van der Waals surface area contributed by atoms with E-state index in [2.05, 4.69) is 9.47 Å². The van der Waals surface area contributed by atoms with Gasteiger partial charge in [0.15, 0.2) is 0 Å². The summed E-state index contributed by atoms with van der Waals surface area (Å²) in [6, 6.07) is 0. The van der Waals surface area contributed by atoms with Gasteiger partial charge in [-0.3, -0.25) is 18.7 Å². The van der Waals surface area contributed by atoms with E-state index >= 15 is 0 Å². The Hall–Kier alpha value is -1.66. The summed E-state index contributed by atoms with van der Waals surface area (Å²) in [6.07, 6.45) is -16.2. The first-order chi connectivity index (χ1) is 15.7. The summed E-state index contributed by atoms with van der Waals surface area (Å²) in [7, 11) is -10.5. The SMILES string of the molecule is O=C(OC(CS(=O)(=O)O)C(F)(F)F)C1C(C(=O)OC(CS(=O)(=O)O)C(F)(F)F)C2CCC1C21CC1. The van der Waals surface area contributed by atoms with Crippen molar-refractivity contribution in [2.45, 2.75) is 50.2 Å². The molecule has 3 rings (SSSR count). The molecule has 0 saturated heterocycles. The van der Waals surface area contributed by atoms with Crippen LogP contribution in [0.3, 0.4) is 0 Å². The molecule has 0 aliphatic heterocycles. The van der Waals surface area contributed by atoms with Crippen LogP contribution in [0.15, 0.2) is 0 Å². The molecule has 6 atom stereocenters. The number of carbonyl (C=O) groups excluding carboxylic acids is 2. The van der Waals surface area contributed by atoms with Crippen molar-refractivity contribution in [1.29, 1.82) is 0 Å². The normalized spacial score (nSPS) is 29.6. The second-order valence-electron chi connectivity index (χ2n) is 9.01. The Bertz CT molecular complexity index is 998. The van der Waals surface area contributed by atoms with Crippen molar-refractivity contribution >= 4 is 32.2 Å². The van der Waals surface area contributed by atoms with Crippen LogP contribution in [0.1, 0.15) is 25.7 Å². The molecule has 0 aromatic carbocycles. The maximum atomic E-state index is 13.2. The Morgan fingerprint density at radius 2 is 1.09 bits per heavy atom. The molecule has 0 radical (unpaired) electrons. The number of hydrogen-bond donors (Lipinski definition) is 2. The zero-order chi connectivity index (χ0) is 26.8. The third kappa shape index (κ3) is 6.02. The minimum absolute atomic E-state index is 0.233. The first-order valence-corrected chi connectivity index (χ1v) is 13.3. The average molecular weight is 562 g/mol. The van der Waals surface area contributed by atoms with Gasteiger partial charge in [0.1, 0.15) is 11.5 Å². The Labute approximate surface area is 194 Å². The van der Waals surface area contributed by atoms with Crippen molar-refractivity contribution < 1.29 is 71.3 Å². The van der Waals surface area contributed by atoms with E-state index in [1.807, 2.05) is 0 Å². The molecule has 0 aromatic rings. The van der Waals surface area contributed by atoms with E-state index in [1.165, 1.54) is 0 Å². The number of carbonyl (C=O) groups is 2. The topological polar surface area (TPSA) is 161 Å². The monoisotopic (exact) mass is 562 g/mol. The summed E-state index contributed by atoms with van der Waals surface area (Å²) >= 11 is 0. The molecule has 18 heteroatoms. The fourth-order valence-electron chi connectivity index (χ4n) is 5.50. The van der Waals surface area contributed by atoms with Crippen LogP contribution >= 0.6 is 0 Å². The Balaban J connectivity index is 1.89. The van der Waals surface area contributed by atoms with Crippen LogP contribution in [0, 0.1) is 29.1 Å². The average Bonchev–Trinajstić information content (AvgIpc) is 3.29. The second kappa shape index (κ2) is 8.72. The maximum Gasteiger partial charge on any atom is 0.426 e. The van der Waals surface area contributed by atoms with Crippen LogP contribution in [0.4, 0.5) is 26.3 Å². The summed E-state index contributed by atoms with van der Waals surface area (Å²) in [5, 5.41) is 0. The Morgan fingerprint density at radius 1 is 0.771 bits per heavy atom. The number of alkyl halides is 6. The predicted molar refractivity (Wildman–Crippen MR) is 99.6 cm³/mol. The largest absolute Gasteiger partial charge is 0.451 e. The van der Waals surface area contributed by atoms with Crippen molar-refractivity contribution in [3.05, 3.63) is 0 Å². The maximum absolute atomic E-state index is 13.2. The molecule has 10 nitrogen and oxygen atoms in total. The highest BCUT2D eigenvalue weighted by Gasteiger charge is 2.73. The molecule has 0 amide bonds. The smallest absolute Gasteiger partial charge is 0.426 e. The molecule has 1 spiro atoms. The Kier molecular flexibility index (Phi) is 6.96. The van der Waals surface area contributed by atoms with E-state index in [0.29, 0.717) is 12.8 Å². The lowest BCUT2D eigenvalue weighted by atomic mass is 9.79. The third-order valence-corrected chi connectivity index (χ3v) is 8.31. The fourth-order valence-corrected chi connectivity index (χ4v) is 6.78. The predicted octanol–water partition coefficient (Wildman–Crippen LogP) is 1.76. The minimum Gasteiger partial charge on any atom is -0.451 e. The first-order valence-electron chi connectivity index (χ1n) is 10.1. The molecule has 0 aromatic heterocycles. The number of halogens is 6. The highest BCUT2D eigenvalue weighted by Crippen LogP contribution is 2.74. The van der Waals surface area contributed by atoms with Crippen molar-refractivity contribution in [3.8, 4) is 0 Å². The lowest BCUT2D eigenvalue weighted by molar-refractivity contribution is -0.224. The van der Waals surface area contributed by atoms with Gasteiger partial charge in [-0.1, -0.05) is 0 Å². The molecule has 2 bridgehead atoms. The summed E-state index contributed by atoms with van der Waals surface area (Å²) in [5.41, 5.74) is -0.721. The molecule has 35 heavy (non-hydrogen) atoms. The lowest BCUT2D eigenvalue weighted by Crippen LogP contribution is -2.46. The van der Waals surface area contributed by atoms with E-state index in [9.17, 15) is 52.8 Å². The van der Waals surface area contributed by atoms with Crippen molar-refractivity contribution in [1.82, 2.24) is 0 Å². The number of hydrogen-bond acceptors (Lipinski definition) is 8. The summed E-state index contributed by atoms with van der Waals surface area (Å²) in [5.74, 6) is -12.4. The highest BCUT2D eigenvalue weighted by atomic mass is 32.2. The van der Waals surface area contributed by atoms with Crippen molar-refractivity contribution in [2.24, 2.45) is 29.1 Å². The molecule has 2 N–H and O–H groups in total. The summed E-state index contributed by atoms with van der Waals surface area (Å²) < 4.78 is 149. The van der Waals surface area contributed by atoms with Crippen molar-refractivity contribution in [3.63, 3.8) is 0 Å². The first kappa shape index (κ1) is 27.9. The third-order valence-electron chi connectivity index (χ3n) is 6.86. The quantitative estimate of drug-likeness (QED) is 0.253. The molecule has 3 aliphatic carbocycles. The van der Waals surface area contributed by atoms with Crippen LogP contribution in [-0.2, 0) is 39.3 Å². The van der Waals surface area contributed by atoms with Crippen LogP contribution in [-0.4, -0.2) is 73.9 Å². The zero-order valence-corrected chi connectivity index (χ0v) is 19.1. The van der Waals surface area contributed by atoms with Gasteiger partial charge in [-0.15, -0.1) is 0 Å². The number of rotatable bonds is 8. The van der Waals surface area contributed by atoms with Gasteiger partial charge in [0.2, 0.25) is 12.2 Å². The Morgan fingerprint density at radius 3 is 1.31 bits per heavy atom. The molecule has 6 unspecified atom stereocenters. The summed E-state index contributed by atoms with van der Waals surface area (Å²) in [4.78, 5) is 25.5. The second-order valence-corrected chi connectivity index (χ2v) is 12.0. The van der Waals surface area contributed by atoms with E-state index in [-0.39, 0.29) is 12.8 Å². The van der Waals surface area contributed by atoms with Crippen LogP contribution in [0.2, 0.25) is 0 Å². The molecular weight excluding hydrogens is 542 g/mol.